The number of esters is 2. The van der Waals surface area contributed by atoms with Gasteiger partial charge < -0.3 is 39.5 Å². The Kier molecular flexibility index (Phi) is 41.0. The van der Waals surface area contributed by atoms with Crippen molar-refractivity contribution in [3.05, 3.63) is 134 Å². The Bertz CT molecular complexity index is 1720. The van der Waals surface area contributed by atoms with Crippen LogP contribution in [-0.4, -0.2) is 92.8 Å². The molecule has 0 aromatic heterocycles. The molecule has 6 N–H and O–H groups in total. The predicted octanol–water partition coefficient (Wildman–Crippen LogP) is 10.2. The number of rotatable bonds is 41. The summed E-state index contributed by atoms with van der Waals surface area (Å²) in [6, 6.07) is 0. The molecule has 0 aromatic rings. The molecule has 0 aliphatic rings. The third-order valence-corrected chi connectivity index (χ3v) is 10.1. The lowest BCUT2D eigenvalue weighted by Gasteiger charge is -2.20. The highest BCUT2D eigenvalue weighted by atomic mass is 31.2. The fourth-order valence-electron chi connectivity index (χ4n) is 5.18. The standard InChI is InChI=1S/C50H78O15P2/c1-3-5-7-8-9-10-11-12-13-14-15-16-17-18-19-20-21-25-33-39-49(54)61-43-48(44-64-67(59,60)63-42-47(53)41-62-66(56,57)58)65-50(55)40-34-26-23-22-24-30-36-46(52)38-32-28-27-31-37-45(51)35-29-6-4-2/h6,9-10,12-13,15-16,18-19,21,23-32,37-38,45-48,51-53H,3-5,7-8,11,14,17,20,22,33-36,39-44H2,1-2H3,(H,59,60)(H2,56,57,58)/b10-9-,13-12-,16-15-,19-18-,25-21-,26-23-,28-27-,29-6-,30-24-,37-31+,38-32+/t45-,46+,47-,48+/m0/s1. The van der Waals surface area contributed by atoms with E-state index in [1.807, 2.05) is 55.5 Å². The van der Waals surface area contributed by atoms with E-state index in [4.69, 9.17) is 23.8 Å². The van der Waals surface area contributed by atoms with Crippen molar-refractivity contribution >= 4 is 27.6 Å². The first-order valence-electron chi connectivity index (χ1n) is 23.1. The highest BCUT2D eigenvalue weighted by Gasteiger charge is 2.28. The smallest absolute Gasteiger partial charge is 0.462 e. The number of ether oxygens (including phenoxy) is 2. The van der Waals surface area contributed by atoms with E-state index in [0.29, 0.717) is 38.5 Å². The van der Waals surface area contributed by atoms with Crippen molar-refractivity contribution in [3.8, 4) is 0 Å². The number of carbonyl (C=O) groups excluding carboxylic acids is 2. The normalized spacial score (nSPS) is 16.0. The minimum absolute atomic E-state index is 0.0249. The Labute approximate surface area is 399 Å². The molecule has 1 unspecified atom stereocenters. The molecule has 0 radical (unpaired) electrons. The minimum atomic E-state index is -4.90. The molecule has 5 atom stereocenters. The number of aliphatic hydroxyl groups is 3. The maximum atomic E-state index is 12.7. The van der Waals surface area contributed by atoms with E-state index >= 15 is 0 Å². The molecule has 0 aliphatic carbocycles. The van der Waals surface area contributed by atoms with Crippen LogP contribution < -0.4 is 0 Å². The van der Waals surface area contributed by atoms with Crippen molar-refractivity contribution in [3.63, 3.8) is 0 Å². The number of allylic oxidation sites excluding steroid dienone is 18. The summed E-state index contributed by atoms with van der Waals surface area (Å²) in [5, 5.41) is 29.7. The van der Waals surface area contributed by atoms with E-state index in [9.17, 15) is 38.9 Å². The highest BCUT2D eigenvalue weighted by molar-refractivity contribution is 7.47. The van der Waals surface area contributed by atoms with Gasteiger partial charge in [0, 0.05) is 12.8 Å². The number of phosphoric ester groups is 2. The van der Waals surface area contributed by atoms with Gasteiger partial charge >= 0.3 is 27.6 Å². The summed E-state index contributed by atoms with van der Waals surface area (Å²) in [4.78, 5) is 52.7. The molecular formula is C50H78O15P2. The molecule has 0 aliphatic heterocycles. The summed E-state index contributed by atoms with van der Waals surface area (Å²) < 4.78 is 47.6. The van der Waals surface area contributed by atoms with E-state index < -0.39 is 78.4 Å². The second-order valence-electron chi connectivity index (χ2n) is 15.0. The number of aliphatic hydroxyl groups excluding tert-OH is 3. The zero-order chi connectivity index (χ0) is 49.7. The minimum Gasteiger partial charge on any atom is -0.462 e. The fourth-order valence-corrected chi connectivity index (χ4v) is 6.33. The van der Waals surface area contributed by atoms with Gasteiger partial charge in [0.2, 0.25) is 0 Å². The van der Waals surface area contributed by atoms with Crippen LogP contribution >= 0.6 is 15.6 Å². The largest absolute Gasteiger partial charge is 0.472 e. The van der Waals surface area contributed by atoms with Gasteiger partial charge in [0.15, 0.2) is 6.10 Å². The summed E-state index contributed by atoms with van der Waals surface area (Å²) in [7, 11) is -9.79. The molecule has 17 heteroatoms. The van der Waals surface area contributed by atoms with E-state index in [-0.39, 0.29) is 12.8 Å². The summed E-state index contributed by atoms with van der Waals surface area (Å²) in [6.07, 6.45) is 49.6. The van der Waals surface area contributed by atoms with Crippen molar-refractivity contribution in [2.45, 2.75) is 141 Å². The first-order valence-corrected chi connectivity index (χ1v) is 26.1. The Hall–Kier alpha value is -3.82. The first-order chi connectivity index (χ1) is 32.2. The Morgan fingerprint density at radius 1 is 0.507 bits per heavy atom. The van der Waals surface area contributed by atoms with Crippen LogP contribution in [0.5, 0.6) is 0 Å². The van der Waals surface area contributed by atoms with Gasteiger partial charge in [-0.3, -0.25) is 23.2 Å². The molecule has 67 heavy (non-hydrogen) atoms. The van der Waals surface area contributed by atoms with Crippen LogP contribution in [-0.2, 0) is 41.8 Å². The van der Waals surface area contributed by atoms with Crippen LogP contribution in [0.1, 0.15) is 117 Å². The van der Waals surface area contributed by atoms with Crippen LogP contribution in [0.2, 0.25) is 0 Å². The van der Waals surface area contributed by atoms with Gasteiger partial charge in [-0.2, -0.15) is 0 Å². The van der Waals surface area contributed by atoms with Crippen LogP contribution in [0.3, 0.4) is 0 Å². The SMILES string of the molecule is CC/C=C\C[C@H](O)/C=C/C=C\C=C\[C@H](O)C/C=C\C/C=C\CCC(=O)O[C@H](COC(=O)CC/C=C\C/C=C\C/C=C\C/C=C\C/C=C\CCCCC)COP(=O)(O)OC[C@@H](O)COP(=O)(O)O. The van der Waals surface area contributed by atoms with Gasteiger partial charge in [-0.1, -0.05) is 160 Å². The summed E-state index contributed by atoms with van der Waals surface area (Å²) in [5.74, 6) is -1.31. The van der Waals surface area contributed by atoms with Crippen molar-refractivity contribution < 1.29 is 71.8 Å². The summed E-state index contributed by atoms with van der Waals surface area (Å²) in [5.41, 5.74) is 0. The van der Waals surface area contributed by atoms with Gasteiger partial charge in [0.25, 0.3) is 0 Å². The third kappa shape index (κ3) is 47.1. The number of hydrogen-bond donors (Lipinski definition) is 6. The van der Waals surface area contributed by atoms with Crippen molar-refractivity contribution in [1.29, 1.82) is 0 Å². The van der Waals surface area contributed by atoms with Crippen molar-refractivity contribution in [2.24, 2.45) is 0 Å². The fraction of sp³-hybridized carbons (Fsp3) is 0.520. The maximum Gasteiger partial charge on any atom is 0.472 e. The average molecular weight is 981 g/mol. The van der Waals surface area contributed by atoms with E-state index in [1.54, 1.807) is 42.5 Å². The van der Waals surface area contributed by atoms with Gasteiger partial charge in [-0.25, -0.2) is 9.13 Å². The van der Waals surface area contributed by atoms with Crippen LogP contribution in [0.4, 0.5) is 0 Å². The molecule has 378 valence electrons. The van der Waals surface area contributed by atoms with Crippen molar-refractivity contribution in [2.75, 3.05) is 26.4 Å². The van der Waals surface area contributed by atoms with E-state index in [2.05, 4.69) is 58.5 Å². The average Bonchev–Trinajstić information content (AvgIpc) is 3.28. The quantitative estimate of drug-likeness (QED) is 0.0110. The first kappa shape index (κ1) is 63.2. The lowest BCUT2D eigenvalue weighted by Crippen LogP contribution is -2.29. The Morgan fingerprint density at radius 3 is 1.46 bits per heavy atom. The molecule has 0 saturated heterocycles. The number of hydrogen-bond acceptors (Lipinski definition) is 12. The van der Waals surface area contributed by atoms with Gasteiger partial charge in [0.1, 0.15) is 12.7 Å². The van der Waals surface area contributed by atoms with Gasteiger partial charge in [-0.05, 0) is 77.0 Å². The molecule has 0 aromatic carbocycles. The van der Waals surface area contributed by atoms with E-state index in [0.717, 1.165) is 32.1 Å². The van der Waals surface area contributed by atoms with Crippen LogP contribution in [0.25, 0.3) is 0 Å². The number of carbonyl (C=O) groups is 2. The number of unbranched alkanes of at least 4 members (excludes halogenated alkanes) is 3. The molecule has 0 fully saturated rings. The molecule has 0 heterocycles. The molecule has 15 nitrogen and oxygen atoms in total. The Morgan fingerprint density at radius 2 is 0.955 bits per heavy atom. The van der Waals surface area contributed by atoms with Gasteiger partial charge in [0.05, 0.1) is 32.0 Å². The topological polar surface area (TPSA) is 236 Å². The van der Waals surface area contributed by atoms with E-state index in [1.165, 1.54) is 19.3 Å². The summed E-state index contributed by atoms with van der Waals surface area (Å²) in [6.45, 7) is 1.23. The van der Waals surface area contributed by atoms with Crippen molar-refractivity contribution in [1.82, 2.24) is 0 Å². The molecule has 0 rings (SSSR count). The van der Waals surface area contributed by atoms with Crippen LogP contribution in [0, 0.1) is 0 Å². The summed E-state index contributed by atoms with van der Waals surface area (Å²) >= 11 is 0. The second kappa shape index (κ2) is 43.5. The lowest BCUT2D eigenvalue weighted by atomic mass is 10.2. The molecule has 0 amide bonds. The zero-order valence-corrected chi connectivity index (χ0v) is 41.2. The second-order valence-corrected chi connectivity index (χ2v) is 17.7. The molecule has 0 spiro atoms. The number of phosphoric acid groups is 2. The Balaban J connectivity index is 4.85. The molecule has 0 bridgehead atoms. The maximum absolute atomic E-state index is 12.7. The lowest BCUT2D eigenvalue weighted by molar-refractivity contribution is -0.161. The van der Waals surface area contributed by atoms with Crippen LogP contribution in [0.15, 0.2) is 134 Å². The molecule has 0 saturated carbocycles. The predicted molar refractivity (Wildman–Crippen MR) is 264 cm³/mol. The molecular weight excluding hydrogens is 902 g/mol. The zero-order valence-electron chi connectivity index (χ0n) is 39.4. The van der Waals surface area contributed by atoms with Gasteiger partial charge in [-0.15, -0.1) is 0 Å². The third-order valence-electron chi connectivity index (χ3n) is 8.71. The highest BCUT2D eigenvalue weighted by Crippen LogP contribution is 2.43. The monoisotopic (exact) mass is 980 g/mol.